The molecule has 0 radical (unpaired) electrons. The molecule has 0 bridgehead atoms. The summed E-state index contributed by atoms with van der Waals surface area (Å²) in [6.07, 6.45) is 5.29. The zero-order chi connectivity index (χ0) is 15.2. The van der Waals surface area contributed by atoms with Crippen LogP contribution in [-0.4, -0.2) is 23.2 Å². The second-order valence-corrected chi connectivity index (χ2v) is 4.79. The minimum atomic E-state index is -2.80. The van der Waals surface area contributed by atoms with Gasteiger partial charge in [-0.25, -0.2) is 4.98 Å². The van der Waals surface area contributed by atoms with Crippen molar-refractivity contribution in [3.8, 4) is 5.75 Å². The van der Waals surface area contributed by atoms with E-state index in [0.717, 1.165) is 24.2 Å². The monoisotopic (exact) mass is 295 g/mol. The Morgan fingerprint density at radius 1 is 1.38 bits per heavy atom. The van der Waals surface area contributed by atoms with Crippen LogP contribution in [0.15, 0.2) is 36.7 Å². The molecule has 1 aromatic carbocycles. The molecule has 4 nitrogen and oxygen atoms in total. The van der Waals surface area contributed by atoms with Crippen molar-refractivity contribution < 1.29 is 13.5 Å². The van der Waals surface area contributed by atoms with Crippen molar-refractivity contribution in [1.29, 1.82) is 0 Å². The normalized spacial score (nSPS) is 12.6. The number of imidazole rings is 1. The lowest BCUT2D eigenvalue weighted by Gasteiger charge is -2.17. The van der Waals surface area contributed by atoms with Crippen molar-refractivity contribution in [2.75, 3.05) is 7.05 Å². The van der Waals surface area contributed by atoms with Crippen molar-refractivity contribution in [2.45, 2.75) is 25.5 Å². The summed E-state index contributed by atoms with van der Waals surface area (Å²) in [5, 5.41) is 3.20. The lowest BCUT2D eigenvalue weighted by molar-refractivity contribution is -0.0499. The van der Waals surface area contributed by atoms with E-state index in [4.69, 9.17) is 0 Å². The van der Waals surface area contributed by atoms with Crippen LogP contribution in [0.25, 0.3) is 0 Å². The number of rotatable bonds is 7. The smallest absolute Gasteiger partial charge is 0.387 e. The fourth-order valence-corrected chi connectivity index (χ4v) is 2.30. The molecule has 21 heavy (non-hydrogen) atoms. The third-order valence-corrected chi connectivity index (χ3v) is 3.41. The number of hydrogen-bond acceptors (Lipinski definition) is 3. The summed E-state index contributed by atoms with van der Waals surface area (Å²) in [7, 11) is 3.80. The first kappa shape index (κ1) is 15.4. The van der Waals surface area contributed by atoms with Crippen LogP contribution < -0.4 is 10.1 Å². The summed E-state index contributed by atoms with van der Waals surface area (Å²) >= 11 is 0. The zero-order valence-electron chi connectivity index (χ0n) is 12.1. The maximum atomic E-state index is 12.3. The topological polar surface area (TPSA) is 39.1 Å². The molecule has 0 saturated heterocycles. The molecule has 0 amide bonds. The number of nitrogens with zero attached hydrogens (tertiary/aromatic N) is 2. The highest BCUT2D eigenvalue weighted by Gasteiger charge is 2.13. The third-order valence-electron chi connectivity index (χ3n) is 3.41. The average molecular weight is 295 g/mol. The molecule has 0 aliphatic carbocycles. The SMILES string of the molecule is CNC(CCc1nccn1C)c1cccc(OC(F)F)c1. The summed E-state index contributed by atoms with van der Waals surface area (Å²) in [6.45, 7) is -2.80. The van der Waals surface area contributed by atoms with Gasteiger partial charge in [0.25, 0.3) is 0 Å². The first-order chi connectivity index (χ1) is 10.1. The molecule has 1 atom stereocenters. The Morgan fingerprint density at radius 2 is 2.19 bits per heavy atom. The molecule has 0 saturated carbocycles. The molecule has 1 heterocycles. The molecule has 1 aromatic heterocycles. The third kappa shape index (κ3) is 4.26. The highest BCUT2D eigenvalue weighted by molar-refractivity contribution is 5.30. The molecule has 0 aliphatic heterocycles. The minimum Gasteiger partial charge on any atom is -0.435 e. The van der Waals surface area contributed by atoms with Crippen LogP contribution in [0, 0.1) is 0 Å². The quantitative estimate of drug-likeness (QED) is 0.853. The van der Waals surface area contributed by atoms with E-state index in [0.29, 0.717) is 0 Å². The molecular formula is C15H19F2N3O. The molecule has 1 N–H and O–H groups in total. The van der Waals surface area contributed by atoms with Crippen molar-refractivity contribution in [2.24, 2.45) is 7.05 Å². The Hall–Kier alpha value is -1.95. The number of ether oxygens (including phenoxy) is 1. The maximum absolute atomic E-state index is 12.3. The van der Waals surface area contributed by atoms with Crippen LogP contribution in [0.5, 0.6) is 5.75 Å². The van der Waals surface area contributed by atoms with Crippen LogP contribution >= 0.6 is 0 Å². The second kappa shape index (κ2) is 7.17. The molecular weight excluding hydrogens is 276 g/mol. The van der Waals surface area contributed by atoms with Crippen LogP contribution in [0.4, 0.5) is 8.78 Å². The lowest BCUT2D eigenvalue weighted by Crippen LogP contribution is -2.18. The Balaban J connectivity index is 2.05. The van der Waals surface area contributed by atoms with Gasteiger partial charge in [0.15, 0.2) is 0 Å². The fourth-order valence-electron chi connectivity index (χ4n) is 2.30. The molecule has 0 aliphatic rings. The van der Waals surface area contributed by atoms with Crippen molar-refractivity contribution >= 4 is 0 Å². The van der Waals surface area contributed by atoms with Gasteiger partial charge in [-0.05, 0) is 31.2 Å². The van der Waals surface area contributed by atoms with Gasteiger partial charge in [-0.2, -0.15) is 8.78 Å². The van der Waals surface area contributed by atoms with Crippen LogP contribution in [0.3, 0.4) is 0 Å². The van der Waals surface area contributed by atoms with Gasteiger partial charge in [-0.3, -0.25) is 0 Å². The number of halogens is 2. The Bertz CT molecular complexity index is 572. The summed E-state index contributed by atoms with van der Waals surface area (Å²) in [4.78, 5) is 4.28. The molecule has 2 rings (SSSR count). The number of nitrogens with one attached hydrogen (secondary N) is 1. The highest BCUT2D eigenvalue weighted by atomic mass is 19.3. The van der Waals surface area contributed by atoms with E-state index in [1.54, 1.807) is 18.3 Å². The van der Waals surface area contributed by atoms with E-state index in [1.807, 2.05) is 30.9 Å². The van der Waals surface area contributed by atoms with Crippen molar-refractivity contribution in [3.05, 3.63) is 48.0 Å². The van der Waals surface area contributed by atoms with E-state index >= 15 is 0 Å². The minimum absolute atomic E-state index is 0.0583. The number of aryl methyl sites for hydroxylation is 2. The predicted molar refractivity (Wildman–Crippen MR) is 76.4 cm³/mol. The Labute approximate surface area is 122 Å². The fraction of sp³-hybridized carbons (Fsp3) is 0.400. The van der Waals surface area contributed by atoms with E-state index in [9.17, 15) is 8.78 Å². The van der Waals surface area contributed by atoms with Gasteiger partial charge >= 0.3 is 6.61 Å². The van der Waals surface area contributed by atoms with Crippen molar-refractivity contribution in [1.82, 2.24) is 14.9 Å². The summed E-state index contributed by atoms with van der Waals surface area (Å²) < 4.78 is 30.9. The predicted octanol–water partition coefficient (Wildman–Crippen LogP) is 2.91. The average Bonchev–Trinajstić information content (AvgIpc) is 2.85. The van der Waals surface area contributed by atoms with Crippen LogP contribution in [0.1, 0.15) is 23.9 Å². The van der Waals surface area contributed by atoms with Crippen LogP contribution in [0.2, 0.25) is 0 Å². The molecule has 2 aromatic rings. The first-order valence-corrected chi connectivity index (χ1v) is 6.78. The molecule has 0 fully saturated rings. The summed E-state index contributed by atoms with van der Waals surface area (Å²) in [5.74, 6) is 1.18. The van der Waals surface area contributed by atoms with Gasteiger partial charge in [0.05, 0.1) is 0 Å². The highest BCUT2D eigenvalue weighted by Crippen LogP contribution is 2.23. The first-order valence-electron chi connectivity index (χ1n) is 6.78. The summed E-state index contributed by atoms with van der Waals surface area (Å²) in [6, 6.07) is 6.85. The Kier molecular flexibility index (Phi) is 5.27. The number of benzene rings is 1. The molecule has 114 valence electrons. The zero-order valence-corrected chi connectivity index (χ0v) is 12.1. The standard InChI is InChI=1S/C15H19F2N3O/c1-18-13(6-7-14-19-8-9-20(14)2)11-4-3-5-12(10-11)21-15(16)17/h3-5,8-10,13,15,18H,6-7H2,1-2H3. The van der Waals surface area contributed by atoms with Gasteiger partial charge in [0.2, 0.25) is 0 Å². The molecule has 0 spiro atoms. The van der Waals surface area contributed by atoms with Gasteiger partial charge in [0, 0.05) is 31.9 Å². The molecule has 1 unspecified atom stereocenters. The number of alkyl halides is 2. The molecule has 6 heteroatoms. The van der Waals surface area contributed by atoms with E-state index in [1.165, 1.54) is 6.07 Å². The van der Waals surface area contributed by atoms with Gasteiger partial charge in [-0.15, -0.1) is 0 Å². The number of aromatic nitrogens is 2. The lowest BCUT2D eigenvalue weighted by atomic mass is 10.0. The number of hydrogen-bond donors (Lipinski definition) is 1. The van der Waals surface area contributed by atoms with E-state index < -0.39 is 6.61 Å². The largest absolute Gasteiger partial charge is 0.435 e. The van der Waals surface area contributed by atoms with E-state index in [2.05, 4.69) is 15.0 Å². The van der Waals surface area contributed by atoms with E-state index in [-0.39, 0.29) is 11.8 Å². The maximum Gasteiger partial charge on any atom is 0.387 e. The second-order valence-electron chi connectivity index (χ2n) is 4.79. The Morgan fingerprint density at radius 3 is 2.81 bits per heavy atom. The summed E-state index contributed by atoms with van der Waals surface area (Å²) in [5.41, 5.74) is 0.921. The van der Waals surface area contributed by atoms with Crippen LogP contribution in [-0.2, 0) is 13.5 Å². The van der Waals surface area contributed by atoms with Gasteiger partial charge in [-0.1, -0.05) is 12.1 Å². The van der Waals surface area contributed by atoms with Gasteiger partial charge in [0.1, 0.15) is 11.6 Å². The van der Waals surface area contributed by atoms with Gasteiger partial charge < -0.3 is 14.6 Å². The van der Waals surface area contributed by atoms with Crippen molar-refractivity contribution in [3.63, 3.8) is 0 Å².